The summed E-state index contributed by atoms with van der Waals surface area (Å²) >= 11 is 0. The predicted octanol–water partition coefficient (Wildman–Crippen LogP) is 2.67. The van der Waals surface area contributed by atoms with E-state index >= 15 is 0 Å². The van der Waals surface area contributed by atoms with Crippen molar-refractivity contribution >= 4 is 17.6 Å². The van der Waals surface area contributed by atoms with E-state index < -0.39 is 0 Å². The Labute approximate surface area is 173 Å². The van der Waals surface area contributed by atoms with E-state index in [1.165, 1.54) is 12.6 Å². The fourth-order valence-corrected chi connectivity index (χ4v) is 4.52. The van der Waals surface area contributed by atoms with Gasteiger partial charge in [-0.05, 0) is 37.1 Å². The summed E-state index contributed by atoms with van der Waals surface area (Å²) in [7, 11) is 0. The largest absolute Gasteiger partial charge is 0.459 e. The van der Waals surface area contributed by atoms with Gasteiger partial charge >= 0.3 is 6.03 Å². The van der Waals surface area contributed by atoms with Gasteiger partial charge in [-0.15, -0.1) is 0 Å². The van der Waals surface area contributed by atoms with Crippen molar-refractivity contribution in [2.24, 2.45) is 5.41 Å². The summed E-state index contributed by atoms with van der Waals surface area (Å²) in [5.41, 5.74) is 0.404. The smallest absolute Gasteiger partial charge is 0.319 e. The molecule has 3 amide bonds. The molecule has 1 saturated heterocycles. The Hall–Kier alpha value is -3.62. The summed E-state index contributed by atoms with van der Waals surface area (Å²) < 4.78 is 7.12. The summed E-state index contributed by atoms with van der Waals surface area (Å²) in [4.78, 5) is 31.8. The highest BCUT2D eigenvalue weighted by atomic mass is 16.3. The Bertz CT molecular complexity index is 1050. The summed E-state index contributed by atoms with van der Waals surface area (Å²) in [6.07, 6.45) is 4.57. The first-order valence-corrected chi connectivity index (χ1v) is 9.98. The Morgan fingerprint density at radius 3 is 2.73 bits per heavy atom. The van der Waals surface area contributed by atoms with Crippen molar-refractivity contribution in [1.29, 1.82) is 0 Å². The molecule has 2 aliphatic rings. The number of nitrogens with zero attached hydrogens (tertiary/aromatic N) is 4. The average Bonchev–Trinajstić information content (AvgIpc) is 3.52. The summed E-state index contributed by atoms with van der Waals surface area (Å²) in [6, 6.07) is 12.0. The van der Waals surface area contributed by atoms with Crippen molar-refractivity contribution in [1.82, 2.24) is 25.0 Å². The van der Waals surface area contributed by atoms with E-state index in [2.05, 4.69) is 20.7 Å². The molecular formula is C21H22N6O3. The van der Waals surface area contributed by atoms with Crippen molar-refractivity contribution < 1.29 is 14.0 Å². The molecule has 5 rings (SSSR count). The number of para-hydroxylation sites is 1. The number of likely N-dealkylation sites (tertiary alicyclic amines) is 1. The van der Waals surface area contributed by atoms with E-state index in [0.717, 1.165) is 18.7 Å². The highest BCUT2D eigenvalue weighted by Crippen LogP contribution is 2.47. The van der Waals surface area contributed by atoms with Crippen LogP contribution in [0.25, 0.3) is 0 Å². The van der Waals surface area contributed by atoms with E-state index in [0.29, 0.717) is 31.1 Å². The molecule has 30 heavy (non-hydrogen) atoms. The maximum Gasteiger partial charge on any atom is 0.319 e. The molecule has 9 heteroatoms. The number of nitrogens with one attached hydrogen (secondary N) is 2. The molecule has 9 nitrogen and oxygen atoms in total. The Kier molecular flexibility index (Phi) is 4.50. The highest BCUT2D eigenvalue weighted by Gasteiger charge is 2.51. The molecule has 3 aromatic rings. The monoisotopic (exact) mass is 406 g/mol. The zero-order valence-corrected chi connectivity index (χ0v) is 16.3. The van der Waals surface area contributed by atoms with E-state index in [4.69, 9.17) is 4.42 Å². The van der Waals surface area contributed by atoms with Crippen LogP contribution in [0.4, 0.5) is 10.5 Å². The van der Waals surface area contributed by atoms with E-state index in [9.17, 15) is 9.59 Å². The molecule has 2 N–H and O–H groups in total. The molecule has 1 fully saturated rings. The highest BCUT2D eigenvalue weighted by molar-refractivity contribution is 5.92. The van der Waals surface area contributed by atoms with Gasteiger partial charge in [-0.2, -0.15) is 5.10 Å². The number of urea groups is 1. The van der Waals surface area contributed by atoms with E-state index in [1.54, 1.807) is 17.0 Å². The number of rotatable bonds is 3. The summed E-state index contributed by atoms with van der Waals surface area (Å²) in [6.45, 7) is 1.83. The van der Waals surface area contributed by atoms with E-state index in [1.807, 2.05) is 35.0 Å². The molecule has 0 aliphatic carbocycles. The third kappa shape index (κ3) is 3.22. The molecule has 0 radical (unpaired) electrons. The number of furan rings is 1. The van der Waals surface area contributed by atoms with Crippen LogP contribution in [-0.4, -0.2) is 44.7 Å². The van der Waals surface area contributed by atoms with Crippen LogP contribution < -0.4 is 10.6 Å². The van der Waals surface area contributed by atoms with Crippen molar-refractivity contribution in [2.45, 2.75) is 25.4 Å². The number of amides is 3. The predicted molar refractivity (Wildman–Crippen MR) is 108 cm³/mol. The minimum atomic E-state index is -0.355. The number of fused-ring (bicyclic) bond motifs is 1. The lowest BCUT2D eigenvalue weighted by Gasteiger charge is -2.40. The van der Waals surface area contributed by atoms with Crippen molar-refractivity contribution in [3.8, 4) is 0 Å². The molecule has 0 bridgehead atoms. The van der Waals surface area contributed by atoms with Crippen LogP contribution in [0.2, 0.25) is 0 Å². The van der Waals surface area contributed by atoms with Crippen molar-refractivity contribution in [3.05, 3.63) is 66.6 Å². The minimum absolute atomic E-state index is 0.128. The summed E-state index contributed by atoms with van der Waals surface area (Å²) in [5, 5.41) is 10.3. The zero-order chi connectivity index (χ0) is 20.6. The number of carbonyl (C=O) groups is 2. The van der Waals surface area contributed by atoms with Crippen LogP contribution in [0, 0.1) is 5.41 Å². The van der Waals surface area contributed by atoms with Gasteiger partial charge < -0.3 is 20.0 Å². The van der Waals surface area contributed by atoms with Gasteiger partial charge in [0.05, 0.1) is 12.3 Å². The standard InChI is InChI=1S/C21H22N6O3/c28-19(16-7-4-12-30-16)26-10-8-21(13-26)9-11-27-18(22-14-23-27)17(21)25-20(29)24-15-5-2-1-3-6-15/h1-7,12,14,17H,8-11,13H2,(H2,24,25,29)/t17-,21-/m1/s1. The summed E-state index contributed by atoms with van der Waals surface area (Å²) in [5.74, 6) is 0.922. The lowest BCUT2D eigenvalue weighted by atomic mass is 9.74. The van der Waals surface area contributed by atoms with Crippen molar-refractivity contribution in [2.75, 3.05) is 18.4 Å². The Morgan fingerprint density at radius 1 is 1.10 bits per heavy atom. The van der Waals surface area contributed by atoms with Crippen LogP contribution in [0.1, 0.15) is 35.3 Å². The lowest BCUT2D eigenvalue weighted by molar-refractivity contribution is 0.0704. The lowest BCUT2D eigenvalue weighted by Crippen LogP contribution is -2.49. The quantitative estimate of drug-likeness (QED) is 0.696. The topological polar surface area (TPSA) is 105 Å². The second-order valence-corrected chi connectivity index (χ2v) is 7.81. The third-order valence-corrected chi connectivity index (χ3v) is 6.05. The molecule has 0 unspecified atom stereocenters. The number of aromatic nitrogens is 3. The average molecular weight is 406 g/mol. The third-order valence-electron chi connectivity index (χ3n) is 6.05. The molecular weight excluding hydrogens is 384 g/mol. The number of carbonyl (C=O) groups excluding carboxylic acids is 2. The van der Waals surface area contributed by atoms with Gasteiger partial charge in [-0.25, -0.2) is 14.5 Å². The maximum atomic E-state index is 12.8. The first kappa shape index (κ1) is 18.4. The molecule has 0 saturated carbocycles. The second kappa shape index (κ2) is 7.33. The minimum Gasteiger partial charge on any atom is -0.459 e. The first-order chi connectivity index (χ1) is 14.6. The second-order valence-electron chi connectivity index (χ2n) is 7.81. The van der Waals surface area contributed by atoms with Crippen molar-refractivity contribution in [3.63, 3.8) is 0 Å². The number of aryl methyl sites for hydroxylation is 1. The maximum absolute atomic E-state index is 12.8. The van der Waals surface area contributed by atoms with Gasteiger partial charge in [0.2, 0.25) is 0 Å². The van der Waals surface area contributed by atoms with Crippen LogP contribution in [0.3, 0.4) is 0 Å². The van der Waals surface area contributed by atoms with Gasteiger partial charge in [-0.3, -0.25) is 4.79 Å². The van der Waals surface area contributed by atoms with Crippen LogP contribution >= 0.6 is 0 Å². The normalized spacial score (nSPS) is 22.7. The molecule has 1 aromatic carbocycles. The van der Waals surface area contributed by atoms with Crippen LogP contribution in [-0.2, 0) is 6.54 Å². The Morgan fingerprint density at radius 2 is 1.93 bits per heavy atom. The first-order valence-electron chi connectivity index (χ1n) is 9.98. The number of hydrogen-bond donors (Lipinski definition) is 2. The fourth-order valence-electron chi connectivity index (χ4n) is 4.52. The fraction of sp³-hybridized carbons (Fsp3) is 0.333. The molecule has 2 aromatic heterocycles. The number of anilines is 1. The molecule has 154 valence electrons. The van der Waals surface area contributed by atoms with Gasteiger partial charge in [0.1, 0.15) is 12.2 Å². The molecule has 1 spiro atoms. The van der Waals surface area contributed by atoms with E-state index in [-0.39, 0.29) is 23.4 Å². The molecule has 2 atom stereocenters. The van der Waals surface area contributed by atoms with Gasteiger partial charge in [0, 0.05) is 30.7 Å². The van der Waals surface area contributed by atoms with Gasteiger partial charge in [0.15, 0.2) is 5.76 Å². The SMILES string of the molecule is O=C(Nc1ccccc1)N[C@@H]1c2ncnn2CC[C@@]12CCN(C(=O)c1ccco1)C2. The Balaban J connectivity index is 1.38. The molecule has 4 heterocycles. The zero-order valence-electron chi connectivity index (χ0n) is 16.3. The van der Waals surface area contributed by atoms with Crippen LogP contribution in [0.5, 0.6) is 0 Å². The number of benzene rings is 1. The number of hydrogen-bond acceptors (Lipinski definition) is 5. The molecule has 2 aliphatic heterocycles. The van der Waals surface area contributed by atoms with Gasteiger partial charge in [-0.1, -0.05) is 18.2 Å². The van der Waals surface area contributed by atoms with Gasteiger partial charge in [0.25, 0.3) is 5.91 Å². The van der Waals surface area contributed by atoms with Crippen LogP contribution in [0.15, 0.2) is 59.5 Å².